The Bertz CT molecular complexity index is 446. The van der Waals surface area contributed by atoms with Crippen LogP contribution in [0.1, 0.15) is 18.9 Å². The predicted octanol–water partition coefficient (Wildman–Crippen LogP) is 3.23. The third-order valence-electron chi connectivity index (χ3n) is 2.04. The second-order valence-electron chi connectivity index (χ2n) is 3.40. The SMILES string of the molecule is CC(=O)SCCC=Cc1c(N)ccc(F)c1F. The monoisotopic (exact) mass is 257 g/mol. The Balaban J connectivity index is 2.65. The van der Waals surface area contributed by atoms with Crippen LogP contribution in [0, 0.1) is 11.6 Å². The Morgan fingerprint density at radius 2 is 2.18 bits per heavy atom. The molecule has 0 radical (unpaired) electrons. The molecule has 1 aromatic carbocycles. The van der Waals surface area contributed by atoms with Gasteiger partial charge in [0.15, 0.2) is 16.7 Å². The first-order valence-electron chi connectivity index (χ1n) is 5.05. The fourth-order valence-corrected chi connectivity index (χ4v) is 1.76. The molecule has 0 aliphatic rings. The van der Waals surface area contributed by atoms with E-state index in [1.807, 2.05) is 0 Å². The predicted molar refractivity (Wildman–Crippen MR) is 67.6 cm³/mol. The van der Waals surface area contributed by atoms with Crippen molar-refractivity contribution >= 4 is 28.6 Å². The van der Waals surface area contributed by atoms with Crippen LogP contribution in [-0.2, 0) is 4.79 Å². The molecule has 0 unspecified atom stereocenters. The molecule has 0 bridgehead atoms. The molecule has 0 fully saturated rings. The van der Waals surface area contributed by atoms with Crippen molar-refractivity contribution in [1.29, 1.82) is 0 Å². The lowest BCUT2D eigenvalue weighted by Gasteiger charge is -2.02. The van der Waals surface area contributed by atoms with Gasteiger partial charge in [-0.3, -0.25) is 4.79 Å². The Morgan fingerprint density at radius 1 is 1.47 bits per heavy atom. The van der Waals surface area contributed by atoms with Crippen LogP contribution in [0.3, 0.4) is 0 Å². The van der Waals surface area contributed by atoms with Crippen molar-refractivity contribution in [2.75, 3.05) is 11.5 Å². The molecule has 0 aliphatic carbocycles. The van der Waals surface area contributed by atoms with Crippen molar-refractivity contribution in [3.63, 3.8) is 0 Å². The normalized spacial score (nSPS) is 11.0. The number of hydrogen-bond donors (Lipinski definition) is 1. The van der Waals surface area contributed by atoms with Crippen LogP contribution in [0.15, 0.2) is 18.2 Å². The quantitative estimate of drug-likeness (QED) is 0.665. The number of anilines is 1. The number of carbonyl (C=O) groups excluding carboxylic acids is 1. The molecule has 0 spiro atoms. The van der Waals surface area contributed by atoms with Crippen molar-refractivity contribution in [3.8, 4) is 0 Å². The number of halogens is 2. The summed E-state index contributed by atoms with van der Waals surface area (Å²) in [6.07, 6.45) is 3.71. The maximum atomic E-state index is 13.3. The first kappa shape index (κ1) is 13.7. The molecule has 2 N–H and O–H groups in total. The van der Waals surface area contributed by atoms with Crippen LogP contribution in [0.5, 0.6) is 0 Å². The van der Waals surface area contributed by atoms with E-state index in [0.29, 0.717) is 12.2 Å². The summed E-state index contributed by atoms with van der Waals surface area (Å²) in [6, 6.07) is 2.32. The molecule has 0 saturated heterocycles. The molecule has 0 aliphatic heterocycles. The molecule has 92 valence electrons. The van der Waals surface area contributed by atoms with Crippen LogP contribution in [0.2, 0.25) is 0 Å². The van der Waals surface area contributed by atoms with Gasteiger partial charge >= 0.3 is 0 Å². The number of thioether (sulfide) groups is 1. The Kier molecular flexibility index (Phi) is 5.15. The molecular weight excluding hydrogens is 244 g/mol. The minimum absolute atomic E-state index is 0.0369. The van der Waals surface area contributed by atoms with Crippen LogP contribution >= 0.6 is 11.8 Å². The molecule has 0 heterocycles. The van der Waals surface area contributed by atoms with Gasteiger partial charge in [0.25, 0.3) is 0 Å². The standard InChI is InChI=1S/C12H13F2NOS/c1-8(16)17-7-3-2-4-9-11(15)6-5-10(13)12(9)14/h2,4-6H,3,7,15H2,1H3. The topological polar surface area (TPSA) is 43.1 Å². The molecule has 2 nitrogen and oxygen atoms in total. The molecule has 0 atom stereocenters. The zero-order chi connectivity index (χ0) is 12.8. The van der Waals surface area contributed by atoms with E-state index in [4.69, 9.17) is 5.73 Å². The summed E-state index contributed by atoms with van der Waals surface area (Å²) in [7, 11) is 0. The average Bonchev–Trinajstić information content (AvgIpc) is 2.27. The van der Waals surface area contributed by atoms with E-state index in [-0.39, 0.29) is 16.4 Å². The Hall–Kier alpha value is -1.36. The van der Waals surface area contributed by atoms with Gasteiger partial charge < -0.3 is 5.73 Å². The molecule has 0 saturated carbocycles. The van der Waals surface area contributed by atoms with E-state index in [9.17, 15) is 13.6 Å². The van der Waals surface area contributed by atoms with Crippen molar-refractivity contribution in [2.24, 2.45) is 0 Å². The van der Waals surface area contributed by atoms with Gasteiger partial charge in [-0.05, 0) is 18.6 Å². The first-order chi connectivity index (χ1) is 8.02. The number of nitrogen functional groups attached to an aromatic ring is 1. The number of rotatable bonds is 4. The smallest absolute Gasteiger partial charge is 0.185 e. The van der Waals surface area contributed by atoms with Gasteiger partial charge in [-0.15, -0.1) is 0 Å². The molecular formula is C12H13F2NOS. The number of carbonyl (C=O) groups is 1. The molecule has 17 heavy (non-hydrogen) atoms. The minimum Gasteiger partial charge on any atom is -0.398 e. The summed E-state index contributed by atoms with van der Waals surface area (Å²) in [4.78, 5) is 10.6. The van der Waals surface area contributed by atoms with Crippen LogP contribution in [0.4, 0.5) is 14.5 Å². The number of hydrogen-bond acceptors (Lipinski definition) is 3. The van der Waals surface area contributed by atoms with Gasteiger partial charge in [0.05, 0.1) is 0 Å². The second kappa shape index (κ2) is 6.39. The third-order valence-corrected chi connectivity index (χ3v) is 2.89. The number of allylic oxidation sites excluding steroid dienone is 1. The summed E-state index contributed by atoms with van der Waals surface area (Å²) in [6.45, 7) is 1.48. The fourth-order valence-electron chi connectivity index (χ4n) is 1.22. The average molecular weight is 257 g/mol. The van der Waals surface area contributed by atoms with E-state index in [0.717, 1.165) is 6.07 Å². The third kappa shape index (κ3) is 4.19. The molecule has 0 amide bonds. The lowest BCUT2D eigenvalue weighted by Crippen LogP contribution is -1.96. The zero-order valence-corrected chi connectivity index (χ0v) is 10.2. The van der Waals surface area contributed by atoms with E-state index < -0.39 is 11.6 Å². The summed E-state index contributed by atoms with van der Waals surface area (Å²) in [5.74, 6) is -1.25. The Morgan fingerprint density at radius 3 is 2.82 bits per heavy atom. The fraction of sp³-hybridized carbons (Fsp3) is 0.250. The van der Waals surface area contributed by atoms with Crippen molar-refractivity contribution in [2.45, 2.75) is 13.3 Å². The summed E-state index contributed by atoms with van der Waals surface area (Å²) in [5, 5.41) is 0.0369. The van der Waals surface area contributed by atoms with E-state index in [1.54, 1.807) is 6.08 Å². The highest BCUT2D eigenvalue weighted by Gasteiger charge is 2.08. The van der Waals surface area contributed by atoms with E-state index in [1.165, 1.54) is 30.8 Å². The lowest BCUT2D eigenvalue weighted by molar-refractivity contribution is -0.109. The van der Waals surface area contributed by atoms with Gasteiger partial charge in [-0.1, -0.05) is 23.9 Å². The second-order valence-corrected chi connectivity index (χ2v) is 4.67. The number of nitrogens with two attached hydrogens (primary N) is 1. The molecule has 5 heteroatoms. The minimum atomic E-state index is -0.944. The van der Waals surface area contributed by atoms with Gasteiger partial charge in [0.2, 0.25) is 0 Å². The summed E-state index contributed by atoms with van der Waals surface area (Å²) in [5.41, 5.74) is 5.78. The number of benzene rings is 1. The van der Waals surface area contributed by atoms with Crippen LogP contribution in [-0.4, -0.2) is 10.9 Å². The highest BCUT2D eigenvalue weighted by Crippen LogP contribution is 2.20. The highest BCUT2D eigenvalue weighted by molar-refractivity contribution is 8.13. The summed E-state index contributed by atoms with van der Waals surface area (Å²) < 4.78 is 26.3. The van der Waals surface area contributed by atoms with Crippen molar-refractivity contribution < 1.29 is 13.6 Å². The maximum Gasteiger partial charge on any atom is 0.185 e. The van der Waals surface area contributed by atoms with E-state index >= 15 is 0 Å². The van der Waals surface area contributed by atoms with Gasteiger partial charge in [-0.2, -0.15) is 0 Å². The van der Waals surface area contributed by atoms with Gasteiger partial charge in [0.1, 0.15) is 0 Å². The largest absolute Gasteiger partial charge is 0.398 e. The highest BCUT2D eigenvalue weighted by atomic mass is 32.2. The zero-order valence-electron chi connectivity index (χ0n) is 9.37. The molecule has 1 rings (SSSR count). The van der Waals surface area contributed by atoms with Gasteiger partial charge in [-0.25, -0.2) is 8.78 Å². The summed E-state index contributed by atoms with van der Waals surface area (Å²) >= 11 is 1.19. The Labute approximate surface area is 103 Å². The first-order valence-corrected chi connectivity index (χ1v) is 6.04. The maximum absolute atomic E-state index is 13.3. The van der Waals surface area contributed by atoms with Crippen LogP contribution in [0.25, 0.3) is 6.08 Å². The van der Waals surface area contributed by atoms with E-state index in [2.05, 4.69) is 0 Å². The van der Waals surface area contributed by atoms with Crippen LogP contribution < -0.4 is 5.73 Å². The molecule has 1 aromatic rings. The molecule has 0 aromatic heterocycles. The van der Waals surface area contributed by atoms with Crippen molar-refractivity contribution in [1.82, 2.24) is 0 Å². The lowest BCUT2D eigenvalue weighted by atomic mass is 10.1. The van der Waals surface area contributed by atoms with Crippen molar-refractivity contribution in [3.05, 3.63) is 35.4 Å². The van der Waals surface area contributed by atoms with Gasteiger partial charge in [0, 0.05) is 23.9 Å².